The molecule has 0 spiro atoms. The lowest BCUT2D eigenvalue weighted by atomic mass is 10.3. The van der Waals surface area contributed by atoms with Gasteiger partial charge in [0.2, 0.25) is 5.82 Å². The van der Waals surface area contributed by atoms with E-state index in [4.69, 9.17) is 0 Å². The topological polar surface area (TPSA) is 80.1 Å². The molecular formula is C22H19N5O2S2. The first kappa shape index (κ1) is 20.8. The number of para-hydroxylation sites is 1. The molecule has 0 aliphatic carbocycles. The third kappa shape index (κ3) is 4.84. The Labute approximate surface area is 187 Å². The SMILES string of the molecule is CN(C)C(=O)Sc1ccc(NC(=O)c2nc(-c3cccs3)n(-c3ccccc3)n2)cc1. The van der Waals surface area contributed by atoms with Gasteiger partial charge in [0, 0.05) is 24.7 Å². The standard InChI is InChI=1S/C22H19N5O2S2/c1-26(2)22(29)31-17-12-10-15(11-13-17)23-21(28)19-24-20(18-9-6-14-30-18)27(25-19)16-7-4-3-5-8-16/h3-14H,1-2H3,(H,23,28). The highest BCUT2D eigenvalue weighted by molar-refractivity contribution is 8.13. The Balaban J connectivity index is 1.56. The van der Waals surface area contributed by atoms with Crippen molar-refractivity contribution in [1.82, 2.24) is 19.7 Å². The number of anilines is 1. The van der Waals surface area contributed by atoms with Gasteiger partial charge in [-0.05, 0) is 59.6 Å². The molecule has 0 aliphatic heterocycles. The highest BCUT2D eigenvalue weighted by Crippen LogP contribution is 2.26. The van der Waals surface area contributed by atoms with Crippen LogP contribution >= 0.6 is 23.1 Å². The van der Waals surface area contributed by atoms with E-state index in [0.29, 0.717) is 11.5 Å². The summed E-state index contributed by atoms with van der Waals surface area (Å²) in [6.07, 6.45) is 0. The molecule has 0 aliphatic rings. The fourth-order valence-corrected chi connectivity index (χ4v) is 4.06. The highest BCUT2D eigenvalue weighted by atomic mass is 32.2. The van der Waals surface area contributed by atoms with E-state index in [9.17, 15) is 9.59 Å². The molecule has 2 aromatic heterocycles. The molecule has 2 amide bonds. The Morgan fingerprint density at radius 3 is 2.39 bits per heavy atom. The van der Waals surface area contributed by atoms with Crippen molar-refractivity contribution in [3.63, 3.8) is 0 Å². The molecule has 2 aromatic carbocycles. The summed E-state index contributed by atoms with van der Waals surface area (Å²) in [5.41, 5.74) is 1.42. The molecule has 0 radical (unpaired) electrons. The van der Waals surface area contributed by atoms with E-state index in [-0.39, 0.29) is 11.1 Å². The van der Waals surface area contributed by atoms with Crippen LogP contribution in [0, 0.1) is 0 Å². The van der Waals surface area contributed by atoms with Crippen molar-refractivity contribution < 1.29 is 9.59 Å². The number of hydrogen-bond donors (Lipinski definition) is 1. The van der Waals surface area contributed by atoms with Crippen LogP contribution in [0.4, 0.5) is 10.5 Å². The van der Waals surface area contributed by atoms with Gasteiger partial charge < -0.3 is 10.2 Å². The summed E-state index contributed by atoms with van der Waals surface area (Å²) in [5, 5.41) is 9.17. The number of amides is 2. The summed E-state index contributed by atoms with van der Waals surface area (Å²) >= 11 is 2.66. The summed E-state index contributed by atoms with van der Waals surface area (Å²) < 4.78 is 1.67. The maximum absolute atomic E-state index is 12.8. The number of thiophene rings is 1. The van der Waals surface area contributed by atoms with Gasteiger partial charge in [-0.2, -0.15) is 0 Å². The molecule has 7 nitrogen and oxygen atoms in total. The predicted octanol–water partition coefficient (Wildman–Crippen LogP) is 5.02. The Morgan fingerprint density at radius 2 is 1.74 bits per heavy atom. The Morgan fingerprint density at radius 1 is 1.00 bits per heavy atom. The summed E-state index contributed by atoms with van der Waals surface area (Å²) in [4.78, 5) is 32.4. The van der Waals surface area contributed by atoms with Gasteiger partial charge in [-0.3, -0.25) is 9.59 Å². The quantitative estimate of drug-likeness (QED) is 0.433. The third-order valence-electron chi connectivity index (χ3n) is 4.24. The number of nitrogens with one attached hydrogen (secondary N) is 1. The molecule has 0 unspecified atom stereocenters. The maximum Gasteiger partial charge on any atom is 0.295 e. The van der Waals surface area contributed by atoms with Crippen LogP contribution in [0.5, 0.6) is 0 Å². The lowest BCUT2D eigenvalue weighted by Crippen LogP contribution is -2.16. The number of carbonyl (C=O) groups excluding carboxylic acids is 2. The molecule has 156 valence electrons. The van der Waals surface area contributed by atoms with E-state index in [2.05, 4.69) is 15.4 Å². The lowest BCUT2D eigenvalue weighted by Gasteiger charge is -2.09. The van der Waals surface area contributed by atoms with Crippen LogP contribution in [-0.2, 0) is 0 Å². The van der Waals surface area contributed by atoms with E-state index in [1.54, 1.807) is 43.0 Å². The number of carbonyl (C=O) groups is 2. The molecule has 0 saturated carbocycles. The van der Waals surface area contributed by atoms with Gasteiger partial charge in [-0.15, -0.1) is 16.4 Å². The second-order valence-electron chi connectivity index (χ2n) is 6.72. The summed E-state index contributed by atoms with van der Waals surface area (Å²) in [6, 6.07) is 20.5. The molecule has 0 atom stereocenters. The molecule has 0 bridgehead atoms. The first-order valence-electron chi connectivity index (χ1n) is 9.38. The Bertz CT molecular complexity index is 1190. The zero-order valence-electron chi connectivity index (χ0n) is 16.9. The van der Waals surface area contributed by atoms with Crippen LogP contribution in [0.1, 0.15) is 10.6 Å². The Kier molecular flexibility index (Phi) is 6.15. The van der Waals surface area contributed by atoms with Gasteiger partial charge in [-0.1, -0.05) is 24.3 Å². The summed E-state index contributed by atoms with van der Waals surface area (Å²) in [7, 11) is 3.41. The van der Waals surface area contributed by atoms with Crippen LogP contribution in [0.3, 0.4) is 0 Å². The molecule has 1 N–H and O–H groups in total. The van der Waals surface area contributed by atoms with Crippen molar-refractivity contribution >= 4 is 39.9 Å². The van der Waals surface area contributed by atoms with E-state index < -0.39 is 5.91 Å². The number of nitrogens with zero attached hydrogens (tertiary/aromatic N) is 4. The smallest absolute Gasteiger partial charge is 0.295 e. The monoisotopic (exact) mass is 449 g/mol. The van der Waals surface area contributed by atoms with Gasteiger partial charge in [0.25, 0.3) is 11.1 Å². The molecular weight excluding hydrogens is 430 g/mol. The number of hydrogen-bond acceptors (Lipinski definition) is 6. The van der Waals surface area contributed by atoms with Crippen molar-refractivity contribution in [3.05, 3.63) is 77.9 Å². The number of benzene rings is 2. The minimum Gasteiger partial charge on any atom is -0.339 e. The van der Waals surface area contributed by atoms with Gasteiger partial charge in [0.1, 0.15) is 0 Å². The van der Waals surface area contributed by atoms with Crippen molar-refractivity contribution in [2.24, 2.45) is 0 Å². The van der Waals surface area contributed by atoms with E-state index in [0.717, 1.165) is 27.2 Å². The lowest BCUT2D eigenvalue weighted by molar-refractivity contribution is 0.101. The average Bonchev–Trinajstić information content (AvgIpc) is 3.45. The van der Waals surface area contributed by atoms with Gasteiger partial charge in [0.05, 0.1) is 10.6 Å². The van der Waals surface area contributed by atoms with Crippen molar-refractivity contribution in [1.29, 1.82) is 0 Å². The van der Waals surface area contributed by atoms with Crippen LogP contribution in [-0.4, -0.2) is 44.9 Å². The number of aromatic nitrogens is 3. The largest absolute Gasteiger partial charge is 0.339 e. The third-order valence-corrected chi connectivity index (χ3v) is 6.15. The number of rotatable bonds is 5. The minimum absolute atomic E-state index is 0.0615. The molecule has 4 aromatic rings. The first-order chi connectivity index (χ1) is 15.0. The van der Waals surface area contributed by atoms with Gasteiger partial charge >= 0.3 is 0 Å². The zero-order valence-corrected chi connectivity index (χ0v) is 18.5. The van der Waals surface area contributed by atoms with Gasteiger partial charge in [-0.25, -0.2) is 9.67 Å². The normalized spacial score (nSPS) is 10.6. The van der Waals surface area contributed by atoms with Crippen LogP contribution in [0.25, 0.3) is 16.4 Å². The second-order valence-corrected chi connectivity index (χ2v) is 8.70. The summed E-state index contributed by atoms with van der Waals surface area (Å²) in [5.74, 6) is 0.283. The van der Waals surface area contributed by atoms with E-state index >= 15 is 0 Å². The molecule has 9 heteroatoms. The fourth-order valence-electron chi connectivity index (χ4n) is 2.71. The molecule has 4 rings (SSSR count). The van der Waals surface area contributed by atoms with E-state index in [1.165, 1.54) is 16.2 Å². The minimum atomic E-state index is -0.405. The predicted molar refractivity (Wildman–Crippen MR) is 124 cm³/mol. The molecule has 31 heavy (non-hydrogen) atoms. The average molecular weight is 450 g/mol. The molecule has 2 heterocycles. The highest BCUT2D eigenvalue weighted by Gasteiger charge is 2.19. The van der Waals surface area contributed by atoms with Gasteiger partial charge in [0.15, 0.2) is 5.82 Å². The van der Waals surface area contributed by atoms with Crippen molar-refractivity contribution in [2.75, 3.05) is 19.4 Å². The second kappa shape index (κ2) is 9.15. The van der Waals surface area contributed by atoms with Crippen molar-refractivity contribution in [3.8, 4) is 16.4 Å². The van der Waals surface area contributed by atoms with Crippen LogP contribution < -0.4 is 5.32 Å². The molecule has 0 fully saturated rings. The van der Waals surface area contributed by atoms with Crippen LogP contribution in [0.2, 0.25) is 0 Å². The van der Waals surface area contributed by atoms with Crippen molar-refractivity contribution in [2.45, 2.75) is 4.90 Å². The van der Waals surface area contributed by atoms with E-state index in [1.807, 2.05) is 47.8 Å². The Hall–Kier alpha value is -3.43. The molecule has 0 saturated heterocycles. The zero-order chi connectivity index (χ0) is 21.8. The maximum atomic E-state index is 12.8. The summed E-state index contributed by atoms with van der Waals surface area (Å²) in [6.45, 7) is 0. The van der Waals surface area contributed by atoms with Crippen LogP contribution in [0.15, 0.2) is 77.0 Å². The fraction of sp³-hybridized carbons (Fsp3) is 0.0909. The first-order valence-corrected chi connectivity index (χ1v) is 11.1. The number of thioether (sulfide) groups is 1.